The lowest BCUT2D eigenvalue weighted by Gasteiger charge is -2.36. The average Bonchev–Trinajstić information content (AvgIpc) is 2.40. The van der Waals surface area contributed by atoms with Crippen molar-refractivity contribution >= 4 is 11.7 Å². The van der Waals surface area contributed by atoms with Crippen LogP contribution in [-0.4, -0.2) is 36.1 Å². The minimum absolute atomic E-state index is 0.00717. The van der Waals surface area contributed by atoms with Crippen LogP contribution in [0.4, 0.5) is 23.7 Å². The first-order valence-electron chi connectivity index (χ1n) is 6.83. The normalized spacial score (nSPS) is 16.5. The van der Waals surface area contributed by atoms with E-state index in [0.717, 1.165) is 6.42 Å². The van der Waals surface area contributed by atoms with Crippen molar-refractivity contribution in [3.63, 3.8) is 0 Å². The lowest BCUT2D eigenvalue weighted by atomic mass is 9.80. The molecule has 0 heterocycles. The van der Waals surface area contributed by atoms with Crippen molar-refractivity contribution < 1.29 is 27.8 Å². The van der Waals surface area contributed by atoms with Gasteiger partial charge in [0.1, 0.15) is 5.75 Å². The van der Waals surface area contributed by atoms with Crippen LogP contribution in [0.1, 0.15) is 19.3 Å². The first-order chi connectivity index (χ1) is 10.3. The smallest absolute Gasteiger partial charge is 0.422 e. The van der Waals surface area contributed by atoms with Gasteiger partial charge in [0.05, 0.1) is 5.60 Å². The molecule has 8 heteroatoms. The maximum atomic E-state index is 12.1. The molecule has 0 aromatic heterocycles. The highest BCUT2D eigenvalue weighted by Gasteiger charge is 2.34. The molecule has 1 saturated carbocycles. The van der Waals surface area contributed by atoms with E-state index in [4.69, 9.17) is 0 Å². The standard InChI is InChI=1S/C14H17F3N2O3/c15-14(16,17)9-22-11-4-1-3-10(7-11)19-12(20)18-8-13(21)5-2-6-13/h1,3-4,7,21H,2,5-6,8-9H2,(H2,18,19,20). The highest BCUT2D eigenvalue weighted by atomic mass is 19.4. The van der Waals surface area contributed by atoms with E-state index in [2.05, 4.69) is 15.4 Å². The van der Waals surface area contributed by atoms with Gasteiger partial charge in [-0.25, -0.2) is 4.79 Å². The Morgan fingerprint density at radius 2 is 2.09 bits per heavy atom. The Morgan fingerprint density at radius 1 is 1.36 bits per heavy atom. The van der Waals surface area contributed by atoms with Crippen LogP contribution >= 0.6 is 0 Å². The Balaban J connectivity index is 1.82. The Kier molecular flexibility index (Phi) is 4.80. The second-order valence-corrected chi connectivity index (χ2v) is 5.32. The first-order valence-corrected chi connectivity index (χ1v) is 6.83. The van der Waals surface area contributed by atoms with E-state index < -0.39 is 24.4 Å². The number of hydrogen-bond donors (Lipinski definition) is 3. The van der Waals surface area contributed by atoms with Gasteiger partial charge in [0.15, 0.2) is 6.61 Å². The van der Waals surface area contributed by atoms with Crippen LogP contribution in [0.2, 0.25) is 0 Å². The second kappa shape index (κ2) is 6.43. The molecule has 22 heavy (non-hydrogen) atoms. The molecular formula is C14H17F3N2O3. The van der Waals surface area contributed by atoms with E-state index in [0.29, 0.717) is 18.5 Å². The van der Waals surface area contributed by atoms with Crippen LogP contribution in [0.3, 0.4) is 0 Å². The lowest BCUT2D eigenvalue weighted by Crippen LogP contribution is -2.48. The zero-order valence-corrected chi connectivity index (χ0v) is 11.7. The van der Waals surface area contributed by atoms with Crippen LogP contribution in [0, 0.1) is 0 Å². The Labute approximate surface area is 125 Å². The van der Waals surface area contributed by atoms with Crippen molar-refractivity contribution in [2.75, 3.05) is 18.5 Å². The predicted octanol–water partition coefficient (Wildman–Crippen LogP) is 2.66. The van der Waals surface area contributed by atoms with Crippen LogP contribution in [-0.2, 0) is 0 Å². The number of urea groups is 1. The number of rotatable bonds is 5. The third-order valence-electron chi connectivity index (χ3n) is 3.36. The summed E-state index contributed by atoms with van der Waals surface area (Å²) in [7, 11) is 0. The molecule has 0 bridgehead atoms. The summed E-state index contributed by atoms with van der Waals surface area (Å²) in [6.07, 6.45) is -2.19. The first kappa shape index (κ1) is 16.4. The van der Waals surface area contributed by atoms with E-state index in [1.807, 2.05) is 0 Å². The SMILES string of the molecule is O=C(NCC1(O)CCC1)Nc1cccc(OCC(F)(F)F)c1. The fourth-order valence-corrected chi connectivity index (χ4v) is 2.01. The fourth-order valence-electron chi connectivity index (χ4n) is 2.01. The number of carbonyl (C=O) groups excluding carboxylic acids is 1. The van der Waals surface area contributed by atoms with Gasteiger partial charge in [-0.05, 0) is 31.4 Å². The summed E-state index contributed by atoms with van der Waals surface area (Å²) >= 11 is 0. The molecule has 122 valence electrons. The molecule has 0 atom stereocenters. The van der Waals surface area contributed by atoms with Crippen molar-refractivity contribution in [2.45, 2.75) is 31.0 Å². The molecule has 5 nitrogen and oxygen atoms in total. The second-order valence-electron chi connectivity index (χ2n) is 5.32. The topological polar surface area (TPSA) is 70.6 Å². The van der Waals surface area contributed by atoms with E-state index in [-0.39, 0.29) is 12.3 Å². The molecule has 1 aromatic rings. The van der Waals surface area contributed by atoms with E-state index in [9.17, 15) is 23.1 Å². The number of aliphatic hydroxyl groups is 1. The molecule has 1 aromatic carbocycles. The molecule has 0 spiro atoms. The molecule has 0 unspecified atom stereocenters. The molecule has 0 saturated heterocycles. The quantitative estimate of drug-likeness (QED) is 0.782. The molecule has 0 aliphatic heterocycles. The van der Waals surface area contributed by atoms with Crippen molar-refractivity contribution in [3.05, 3.63) is 24.3 Å². The van der Waals surface area contributed by atoms with E-state index in [1.165, 1.54) is 24.3 Å². The summed E-state index contributed by atoms with van der Waals surface area (Å²) in [6.45, 7) is -1.25. The van der Waals surface area contributed by atoms with Gasteiger partial charge in [-0.1, -0.05) is 6.07 Å². The van der Waals surface area contributed by atoms with Gasteiger partial charge < -0.3 is 20.5 Å². The van der Waals surface area contributed by atoms with Gasteiger partial charge in [-0.15, -0.1) is 0 Å². The van der Waals surface area contributed by atoms with Crippen molar-refractivity contribution in [1.82, 2.24) is 5.32 Å². The maximum Gasteiger partial charge on any atom is 0.422 e. The van der Waals surface area contributed by atoms with Crippen LogP contribution in [0.25, 0.3) is 0 Å². The van der Waals surface area contributed by atoms with Crippen molar-refractivity contribution in [3.8, 4) is 5.75 Å². The molecule has 2 amide bonds. The molecule has 3 N–H and O–H groups in total. The van der Waals surface area contributed by atoms with E-state index >= 15 is 0 Å². The predicted molar refractivity (Wildman–Crippen MR) is 73.8 cm³/mol. The number of carbonyl (C=O) groups is 1. The summed E-state index contributed by atoms with van der Waals surface area (Å²) in [5.74, 6) is 0.00717. The van der Waals surface area contributed by atoms with Crippen LogP contribution < -0.4 is 15.4 Å². The van der Waals surface area contributed by atoms with Crippen LogP contribution in [0.15, 0.2) is 24.3 Å². The minimum atomic E-state index is -4.42. The monoisotopic (exact) mass is 318 g/mol. The summed E-state index contributed by atoms with van der Waals surface area (Å²) in [4.78, 5) is 11.7. The third-order valence-corrected chi connectivity index (χ3v) is 3.36. The highest BCUT2D eigenvalue weighted by molar-refractivity contribution is 5.89. The number of nitrogens with one attached hydrogen (secondary N) is 2. The van der Waals surface area contributed by atoms with Gasteiger partial charge in [0.2, 0.25) is 0 Å². The largest absolute Gasteiger partial charge is 0.484 e. The van der Waals surface area contributed by atoms with Gasteiger partial charge in [-0.3, -0.25) is 0 Å². The average molecular weight is 318 g/mol. The van der Waals surface area contributed by atoms with Gasteiger partial charge >= 0.3 is 12.2 Å². The molecule has 1 fully saturated rings. The summed E-state index contributed by atoms with van der Waals surface area (Å²) < 4.78 is 40.8. The summed E-state index contributed by atoms with van der Waals surface area (Å²) in [5.41, 5.74) is -0.535. The molecule has 1 aliphatic carbocycles. The summed E-state index contributed by atoms with van der Waals surface area (Å²) in [6, 6.07) is 5.13. The number of ether oxygens (including phenoxy) is 1. The van der Waals surface area contributed by atoms with Gasteiger partial charge in [0, 0.05) is 18.3 Å². The maximum absolute atomic E-state index is 12.1. The van der Waals surface area contributed by atoms with Crippen molar-refractivity contribution in [2.24, 2.45) is 0 Å². The summed E-state index contributed by atoms with van der Waals surface area (Å²) in [5, 5.41) is 14.9. The number of hydrogen-bond acceptors (Lipinski definition) is 3. The van der Waals surface area contributed by atoms with Gasteiger partial charge in [0.25, 0.3) is 0 Å². The molecule has 0 radical (unpaired) electrons. The Morgan fingerprint density at radius 3 is 2.68 bits per heavy atom. The van der Waals surface area contributed by atoms with Crippen LogP contribution in [0.5, 0.6) is 5.75 Å². The van der Waals surface area contributed by atoms with E-state index in [1.54, 1.807) is 0 Å². The molecular weight excluding hydrogens is 301 g/mol. The fraction of sp³-hybridized carbons (Fsp3) is 0.500. The number of benzene rings is 1. The lowest BCUT2D eigenvalue weighted by molar-refractivity contribution is -0.153. The Hall–Kier alpha value is -1.96. The number of alkyl halides is 3. The zero-order valence-electron chi connectivity index (χ0n) is 11.7. The Bertz CT molecular complexity index is 530. The van der Waals surface area contributed by atoms with Crippen molar-refractivity contribution in [1.29, 1.82) is 0 Å². The third kappa shape index (κ3) is 5.10. The number of halogens is 3. The molecule has 1 aliphatic rings. The van der Waals surface area contributed by atoms with Gasteiger partial charge in [-0.2, -0.15) is 13.2 Å². The highest BCUT2D eigenvalue weighted by Crippen LogP contribution is 2.30. The number of anilines is 1. The minimum Gasteiger partial charge on any atom is -0.484 e. The molecule has 2 rings (SSSR count). The zero-order chi connectivity index (χ0) is 16.2. The number of amides is 2.